The lowest BCUT2D eigenvalue weighted by molar-refractivity contribution is -0.0560. The molecule has 4 N–H and O–H groups in total. The molecular formula is C27H39BCl4F4N4O3. The van der Waals surface area contributed by atoms with E-state index in [1.54, 1.807) is 6.82 Å². The molecule has 16 heteroatoms. The second kappa shape index (κ2) is 19.1. The molecule has 7 nitrogen and oxygen atoms in total. The standard InChI is InChI=1S/C13H16BClF2N2O2.C12H13ClF2N2O.2CH4.2ClH/c1-14(21)19-4-2-9(3-5-19)12-11(15)6-10(7-18-12)13(16,17)8-20;13-10-5-9(12(14,15)7-18)6-17-11(10)8-1-3-16-4-2-8;;;;/h2,6-7,20-21H,3-5,8H2,1H3;1,5-6,16,18H,2-4,7H2;2*1H4;2*1H. The Balaban J connectivity index is 0. The van der Waals surface area contributed by atoms with E-state index in [2.05, 4.69) is 15.3 Å². The van der Waals surface area contributed by atoms with Crippen LogP contribution in [0.3, 0.4) is 0 Å². The first kappa shape index (κ1) is 43.7. The fraction of sp³-hybridized carbons (Fsp3) is 0.481. The summed E-state index contributed by atoms with van der Waals surface area (Å²) in [7, 11) is -0.531. The van der Waals surface area contributed by atoms with Crippen molar-refractivity contribution >= 4 is 66.2 Å². The molecule has 0 aliphatic carbocycles. The van der Waals surface area contributed by atoms with E-state index in [-0.39, 0.29) is 55.3 Å². The van der Waals surface area contributed by atoms with Crippen LogP contribution in [-0.4, -0.2) is 76.5 Å². The summed E-state index contributed by atoms with van der Waals surface area (Å²) in [4.78, 5) is 9.88. The highest BCUT2D eigenvalue weighted by atomic mass is 35.5. The number of rotatable bonds is 7. The Morgan fingerprint density at radius 1 is 0.884 bits per heavy atom. The van der Waals surface area contributed by atoms with Gasteiger partial charge in [-0.2, -0.15) is 17.6 Å². The number of aromatic nitrogens is 2. The zero-order valence-electron chi connectivity index (χ0n) is 22.0. The van der Waals surface area contributed by atoms with Gasteiger partial charge in [-0.05, 0) is 56.0 Å². The minimum atomic E-state index is -3.35. The number of nitrogens with zero attached hydrogens (tertiary/aromatic N) is 3. The van der Waals surface area contributed by atoms with Gasteiger partial charge in [0.15, 0.2) is 0 Å². The van der Waals surface area contributed by atoms with Crippen LogP contribution >= 0.6 is 48.0 Å². The zero-order valence-corrected chi connectivity index (χ0v) is 25.1. The Morgan fingerprint density at radius 3 is 1.67 bits per heavy atom. The van der Waals surface area contributed by atoms with E-state index in [4.69, 9.17) is 33.4 Å². The Labute approximate surface area is 273 Å². The van der Waals surface area contributed by atoms with E-state index >= 15 is 0 Å². The fourth-order valence-corrected chi connectivity index (χ4v) is 4.58. The molecule has 0 aromatic carbocycles. The van der Waals surface area contributed by atoms with Gasteiger partial charge in [-0.1, -0.05) is 50.2 Å². The number of halogens is 8. The highest BCUT2D eigenvalue weighted by Crippen LogP contribution is 2.34. The average Bonchev–Trinajstić information content (AvgIpc) is 2.93. The minimum Gasteiger partial charge on any atom is -0.437 e. The summed E-state index contributed by atoms with van der Waals surface area (Å²) in [5, 5.41) is 30.3. The summed E-state index contributed by atoms with van der Waals surface area (Å²) < 4.78 is 53.3. The zero-order chi connectivity index (χ0) is 28.8. The summed E-state index contributed by atoms with van der Waals surface area (Å²) in [6.45, 7) is 1.90. The van der Waals surface area contributed by atoms with Gasteiger partial charge < -0.3 is 25.4 Å². The molecule has 0 spiro atoms. The molecule has 2 aromatic heterocycles. The predicted molar refractivity (Wildman–Crippen MR) is 172 cm³/mol. The van der Waals surface area contributed by atoms with Gasteiger partial charge >= 0.3 is 7.05 Å². The molecule has 4 rings (SSSR count). The number of hydrogen-bond acceptors (Lipinski definition) is 7. The molecule has 0 radical (unpaired) electrons. The highest BCUT2D eigenvalue weighted by molar-refractivity contribution is 6.45. The van der Waals surface area contributed by atoms with Crippen molar-refractivity contribution in [2.75, 3.05) is 39.4 Å². The summed E-state index contributed by atoms with van der Waals surface area (Å²) in [5.74, 6) is -6.66. The maximum absolute atomic E-state index is 13.4. The quantitative estimate of drug-likeness (QED) is 0.198. The lowest BCUT2D eigenvalue weighted by Crippen LogP contribution is -2.39. The molecule has 0 unspecified atom stereocenters. The van der Waals surface area contributed by atoms with E-state index in [1.165, 1.54) is 6.07 Å². The van der Waals surface area contributed by atoms with Crippen molar-refractivity contribution in [3.05, 3.63) is 69.2 Å². The minimum absolute atomic E-state index is 0. The third kappa shape index (κ3) is 11.4. The molecule has 0 saturated heterocycles. The predicted octanol–water partition coefficient (Wildman–Crippen LogP) is 6.33. The van der Waals surface area contributed by atoms with Crippen LogP contribution < -0.4 is 5.32 Å². The van der Waals surface area contributed by atoms with Crippen molar-refractivity contribution in [2.24, 2.45) is 0 Å². The molecular weight excluding hydrogens is 657 g/mol. The molecule has 2 aliphatic heterocycles. The van der Waals surface area contributed by atoms with Crippen LogP contribution in [-0.2, 0) is 11.8 Å². The smallest absolute Gasteiger partial charge is 0.376 e. The number of aliphatic hydroxyl groups excluding tert-OH is 2. The van der Waals surface area contributed by atoms with E-state index in [0.29, 0.717) is 30.9 Å². The molecule has 43 heavy (non-hydrogen) atoms. The molecule has 0 saturated carbocycles. The first-order valence-electron chi connectivity index (χ1n) is 12.2. The van der Waals surface area contributed by atoms with Crippen molar-refractivity contribution in [3.8, 4) is 0 Å². The number of alkyl halides is 4. The number of pyridine rings is 2. The molecule has 244 valence electrons. The van der Waals surface area contributed by atoms with E-state index in [1.807, 2.05) is 17.0 Å². The fourth-order valence-electron chi connectivity index (χ4n) is 4.01. The highest BCUT2D eigenvalue weighted by Gasteiger charge is 2.33. The number of hydrogen-bond donors (Lipinski definition) is 4. The third-order valence-electron chi connectivity index (χ3n) is 6.37. The third-order valence-corrected chi connectivity index (χ3v) is 6.94. The van der Waals surface area contributed by atoms with Gasteiger partial charge in [0, 0.05) is 36.6 Å². The molecule has 4 heterocycles. The van der Waals surface area contributed by atoms with Gasteiger partial charge in [0.2, 0.25) is 0 Å². The van der Waals surface area contributed by atoms with Gasteiger partial charge in [0.05, 0.1) is 21.4 Å². The van der Waals surface area contributed by atoms with E-state index in [9.17, 15) is 22.6 Å². The van der Waals surface area contributed by atoms with Gasteiger partial charge in [-0.3, -0.25) is 9.97 Å². The number of nitrogens with one attached hydrogen (secondary N) is 1. The maximum Gasteiger partial charge on any atom is 0.376 e. The Hall–Kier alpha value is -1.48. The van der Waals surface area contributed by atoms with Crippen LogP contribution in [0.1, 0.15) is 50.2 Å². The summed E-state index contributed by atoms with van der Waals surface area (Å²) >= 11 is 12.0. The lowest BCUT2D eigenvalue weighted by Gasteiger charge is -2.27. The lowest BCUT2D eigenvalue weighted by atomic mass is 9.83. The van der Waals surface area contributed by atoms with Crippen LogP contribution in [0.25, 0.3) is 11.1 Å². The second-order valence-corrected chi connectivity index (χ2v) is 9.94. The molecule has 0 atom stereocenters. The van der Waals surface area contributed by atoms with Crippen molar-refractivity contribution in [1.29, 1.82) is 0 Å². The van der Waals surface area contributed by atoms with Crippen LogP contribution in [0, 0.1) is 0 Å². The second-order valence-electron chi connectivity index (χ2n) is 9.12. The number of aliphatic hydroxyl groups is 2. The van der Waals surface area contributed by atoms with Crippen molar-refractivity contribution in [1.82, 2.24) is 20.1 Å². The van der Waals surface area contributed by atoms with Gasteiger partial charge in [-0.15, -0.1) is 24.8 Å². The average molecular weight is 696 g/mol. The summed E-state index contributed by atoms with van der Waals surface area (Å²) in [5.41, 5.74) is 2.07. The van der Waals surface area contributed by atoms with Crippen molar-refractivity contribution < 1.29 is 32.8 Å². The van der Waals surface area contributed by atoms with Crippen LogP contribution in [0.4, 0.5) is 17.6 Å². The van der Waals surface area contributed by atoms with Gasteiger partial charge in [-0.25, -0.2) is 0 Å². The van der Waals surface area contributed by atoms with E-state index < -0.39 is 37.7 Å². The Bertz CT molecular complexity index is 1230. The van der Waals surface area contributed by atoms with Crippen LogP contribution in [0.5, 0.6) is 0 Å². The Kier molecular flexibility index (Phi) is 19.4. The van der Waals surface area contributed by atoms with Crippen molar-refractivity contribution in [2.45, 2.75) is 46.4 Å². The van der Waals surface area contributed by atoms with E-state index in [0.717, 1.165) is 49.1 Å². The maximum atomic E-state index is 13.4. The molecule has 2 aliphatic rings. The summed E-state index contributed by atoms with van der Waals surface area (Å²) in [6, 6.07) is 2.31. The molecule has 0 fully saturated rings. The van der Waals surface area contributed by atoms with Gasteiger partial charge in [0.25, 0.3) is 11.8 Å². The van der Waals surface area contributed by atoms with Crippen LogP contribution in [0.15, 0.2) is 36.7 Å². The summed E-state index contributed by atoms with van der Waals surface area (Å²) in [6.07, 6.45) is 7.34. The topological polar surface area (TPSA) is 102 Å². The largest absolute Gasteiger partial charge is 0.437 e. The monoisotopic (exact) mass is 694 g/mol. The van der Waals surface area contributed by atoms with Crippen molar-refractivity contribution in [3.63, 3.8) is 0 Å². The first-order valence-corrected chi connectivity index (χ1v) is 13.0. The van der Waals surface area contributed by atoms with Crippen LogP contribution in [0.2, 0.25) is 16.9 Å². The Morgan fingerprint density at radius 2 is 1.35 bits per heavy atom. The molecule has 0 amide bonds. The SMILES string of the molecule is C.C.CB(O)N1CC=C(c2ncc(C(F)(F)CO)cc2Cl)CC1.Cl.Cl.OCC(F)(F)c1cnc(C2=CCNCC2)c(Cl)c1. The molecule has 2 aromatic rings. The normalized spacial score (nSPS) is 15.1. The molecule has 0 bridgehead atoms. The van der Waals surface area contributed by atoms with Gasteiger partial charge in [0.1, 0.15) is 13.2 Å². The first-order chi connectivity index (χ1) is 18.4.